The average Bonchev–Trinajstić information content (AvgIpc) is 2.27. The van der Waals surface area contributed by atoms with Gasteiger partial charge in [-0.3, -0.25) is 0 Å². The zero-order valence-corrected chi connectivity index (χ0v) is 9.28. The molecule has 2 unspecified atom stereocenters. The minimum atomic E-state index is -0.284. The van der Waals surface area contributed by atoms with E-state index in [1.54, 1.807) is 12.1 Å². The second-order valence-electron chi connectivity index (χ2n) is 4.00. The van der Waals surface area contributed by atoms with Crippen LogP contribution in [-0.2, 0) is 4.74 Å². The van der Waals surface area contributed by atoms with Crippen molar-refractivity contribution in [3.8, 4) is 5.75 Å². The van der Waals surface area contributed by atoms with Gasteiger partial charge in [-0.15, -0.1) is 0 Å². The molecule has 0 aromatic heterocycles. The summed E-state index contributed by atoms with van der Waals surface area (Å²) in [7, 11) is 0. The second-order valence-corrected chi connectivity index (χ2v) is 4.00. The van der Waals surface area contributed by atoms with Crippen LogP contribution in [0.15, 0.2) is 24.3 Å². The van der Waals surface area contributed by atoms with Crippen LogP contribution in [0.25, 0.3) is 0 Å². The Bertz CT molecular complexity index is 346. The van der Waals surface area contributed by atoms with Crippen LogP contribution < -0.4 is 10.1 Å². The topological polar surface area (TPSA) is 30.5 Å². The maximum absolute atomic E-state index is 12.9. The standard InChI is InChI=1S/C12H16FNO2/c1-9-6-14-7-12(16-9)8-15-11-4-2-3-10(13)5-11/h2-5,9,12,14H,6-8H2,1H3. The van der Waals surface area contributed by atoms with Gasteiger partial charge in [0.05, 0.1) is 6.10 Å². The third-order valence-electron chi connectivity index (χ3n) is 2.46. The van der Waals surface area contributed by atoms with E-state index in [0.717, 1.165) is 13.1 Å². The van der Waals surface area contributed by atoms with Crippen molar-refractivity contribution < 1.29 is 13.9 Å². The third-order valence-corrected chi connectivity index (χ3v) is 2.46. The molecule has 1 aromatic rings. The fraction of sp³-hybridized carbons (Fsp3) is 0.500. The van der Waals surface area contributed by atoms with Crippen molar-refractivity contribution >= 4 is 0 Å². The highest BCUT2D eigenvalue weighted by Crippen LogP contribution is 2.13. The van der Waals surface area contributed by atoms with Crippen LogP contribution in [0, 0.1) is 5.82 Å². The molecule has 1 fully saturated rings. The van der Waals surface area contributed by atoms with E-state index in [1.807, 2.05) is 6.92 Å². The molecule has 1 aliphatic rings. The molecule has 1 aliphatic heterocycles. The van der Waals surface area contributed by atoms with E-state index in [0.29, 0.717) is 12.4 Å². The molecule has 4 heteroatoms. The Morgan fingerprint density at radius 2 is 2.38 bits per heavy atom. The van der Waals surface area contributed by atoms with Crippen LogP contribution >= 0.6 is 0 Å². The predicted molar refractivity (Wildman–Crippen MR) is 59.1 cm³/mol. The third kappa shape index (κ3) is 3.18. The van der Waals surface area contributed by atoms with E-state index in [2.05, 4.69) is 5.32 Å². The molecule has 0 bridgehead atoms. The molecule has 88 valence electrons. The second kappa shape index (κ2) is 5.27. The van der Waals surface area contributed by atoms with Crippen LogP contribution in [0.2, 0.25) is 0 Å². The summed E-state index contributed by atoms with van der Waals surface area (Å²) < 4.78 is 24.0. The summed E-state index contributed by atoms with van der Waals surface area (Å²) in [6.07, 6.45) is 0.238. The highest BCUT2D eigenvalue weighted by molar-refractivity contribution is 5.22. The van der Waals surface area contributed by atoms with Crippen LogP contribution in [0.4, 0.5) is 4.39 Å². The summed E-state index contributed by atoms with van der Waals surface area (Å²) in [6, 6.07) is 6.14. The first kappa shape index (κ1) is 11.4. The Morgan fingerprint density at radius 3 is 3.12 bits per heavy atom. The maximum Gasteiger partial charge on any atom is 0.126 e. The van der Waals surface area contributed by atoms with Crippen molar-refractivity contribution in [2.45, 2.75) is 19.1 Å². The average molecular weight is 225 g/mol. The van der Waals surface area contributed by atoms with Gasteiger partial charge < -0.3 is 14.8 Å². The largest absolute Gasteiger partial charge is 0.491 e. The quantitative estimate of drug-likeness (QED) is 0.847. The van der Waals surface area contributed by atoms with Crippen LogP contribution in [0.1, 0.15) is 6.92 Å². The molecule has 0 amide bonds. The van der Waals surface area contributed by atoms with Crippen LogP contribution in [0.5, 0.6) is 5.75 Å². The van der Waals surface area contributed by atoms with E-state index in [4.69, 9.17) is 9.47 Å². The minimum absolute atomic E-state index is 0.0343. The highest BCUT2D eigenvalue weighted by atomic mass is 19.1. The molecule has 2 rings (SSSR count). The van der Waals surface area contributed by atoms with E-state index >= 15 is 0 Å². The molecular formula is C12H16FNO2. The van der Waals surface area contributed by atoms with Crippen molar-refractivity contribution in [3.05, 3.63) is 30.1 Å². The van der Waals surface area contributed by atoms with Crippen LogP contribution in [-0.4, -0.2) is 31.9 Å². The Hall–Kier alpha value is -1.13. The number of benzene rings is 1. The number of ether oxygens (including phenoxy) is 2. The molecule has 0 aliphatic carbocycles. The molecule has 0 spiro atoms. The van der Waals surface area contributed by atoms with Crippen molar-refractivity contribution in [3.63, 3.8) is 0 Å². The maximum atomic E-state index is 12.9. The Morgan fingerprint density at radius 1 is 1.50 bits per heavy atom. The zero-order chi connectivity index (χ0) is 11.4. The number of halogens is 1. The Labute approximate surface area is 94.6 Å². The summed E-state index contributed by atoms with van der Waals surface area (Å²) in [6.45, 7) is 4.11. The number of nitrogens with one attached hydrogen (secondary N) is 1. The van der Waals surface area contributed by atoms with Crippen molar-refractivity contribution in [1.29, 1.82) is 0 Å². The molecule has 1 N–H and O–H groups in total. The van der Waals surface area contributed by atoms with Gasteiger partial charge >= 0.3 is 0 Å². The normalized spacial score (nSPS) is 25.4. The molecule has 1 aromatic carbocycles. The lowest BCUT2D eigenvalue weighted by Gasteiger charge is -2.28. The Balaban J connectivity index is 1.82. The summed E-state index contributed by atoms with van der Waals surface area (Å²) in [5, 5.41) is 3.25. The minimum Gasteiger partial charge on any atom is -0.491 e. The van der Waals surface area contributed by atoms with Gasteiger partial charge in [0.25, 0.3) is 0 Å². The van der Waals surface area contributed by atoms with E-state index in [-0.39, 0.29) is 18.0 Å². The van der Waals surface area contributed by atoms with Gasteiger partial charge in [0.1, 0.15) is 24.3 Å². The molecule has 16 heavy (non-hydrogen) atoms. The van der Waals surface area contributed by atoms with E-state index in [1.165, 1.54) is 12.1 Å². The molecule has 2 atom stereocenters. The van der Waals surface area contributed by atoms with Gasteiger partial charge in [-0.25, -0.2) is 4.39 Å². The number of morpholine rings is 1. The smallest absolute Gasteiger partial charge is 0.126 e. The molecule has 1 heterocycles. The summed E-state index contributed by atoms with van der Waals surface area (Å²) in [4.78, 5) is 0. The van der Waals surface area contributed by atoms with Crippen LogP contribution in [0.3, 0.4) is 0 Å². The predicted octanol–water partition coefficient (Wildman–Crippen LogP) is 1.58. The number of rotatable bonds is 3. The van der Waals surface area contributed by atoms with Gasteiger partial charge in [-0.2, -0.15) is 0 Å². The van der Waals surface area contributed by atoms with E-state index < -0.39 is 0 Å². The zero-order valence-electron chi connectivity index (χ0n) is 9.28. The lowest BCUT2D eigenvalue weighted by molar-refractivity contribution is -0.0470. The van der Waals surface area contributed by atoms with Gasteiger partial charge in [-0.05, 0) is 19.1 Å². The molecular weight excluding hydrogens is 209 g/mol. The monoisotopic (exact) mass is 225 g/mol. The number of hydrogen-bond acceptors (Lipinski definition) is 3. The fourth-order valence-corrected chi connectivity index (χ4v) is 1.72. The van der Waals surface area contributed by atoms with Crippen molar-refractivity contribution in [2.24, 2.45) is 0 Å². The molecule has 0 radical (unpaired) electrons. The first-order valence-corrected chi connectivity index (χ1v) is 5.48. The summed E-state index contributed by atoms with van der Waals surface area (Å²) >= 11 is 0. The summed E-state index contributed by atoms with van der Waals surface area (Å²) in [5.41, 5.74) is 0. The summed E-state index contributed by atoms with van der Waals surface area (Å²) in [5.74, 6) is 0.260. The lowest BCUT2D eigenvalue weighted by Crippen LogP contribution is -2.45. The first-order valence-electron chi connectivity index (χ1n) is 5.48. The lowest BCUT2D eigenvalue weighted by atomic mass is 10.2. The van der Waals surface area contributed by atoms with Gasteiger partial charge in [0.15, 0.2) is 0 Å². The van der Waals surface area contributed by atoms with Gasteiger partial charge in [-0.1, -0.05) is 6.07 Å². The molecule has 0 saturated carbocycles. The highest BCUT2D eigenvalue weighted by Gasteiger charge is 2.19. The van der Waals surface area contributed by atoms with Gasteiger partial charge in [0, 0.05) is 19.2 Å². The molecule has 3 nitrogen and oxygen atoms in total. The number of hydrogen-bond donors (Lipinski definition) is 1. The Kier molecular flexibility index (Phi) is 3.74. The van der Waals surface area contributed by atoms with Crippen molar-refractivity contribution in [2.75, 3.05) is 19.7 Å². The fourth-order valence-electron chi connectivity index (χ4n) is 1.72. The van der Waals surface area contributed by atoms with Crippen molar-refractivity contribution in [1.82, 2.24) is 5.32 Å². The first-order chi connectivity index (χ1) is 7.74. The molecule has 1 saturated heterocycles. The SMILES string of the molecule is CC1CNCC(COc2cccc(F)c2)O1. The van der Waals surface area contributed by atoms with E-state index in [9.17, 15) is 4.39 Å². The van der Waals surface area contributed by atoms with Gasteiger partial charge in [0.2, 0.25) is 0 Å².